The van der Waals surface area contributed by atoms with E-state index in [0.717, 1.165) is 12.8 Å². The lowest BCUT2D eigenvalue weighted by atomic mass is 9.96. The minimum Gasteiger partial charge on any atom is -0.394 e. The molecule has 0 radical (unpaired) electrons. The maximum absolute atomic E-state index is 8.87. The van der Waals surface area contributed by atoms with E-state index in [2.05, 4.69) is 13.8 Å². The summed E-state index contributed by atoms with van der Waals surface area (Å²) >= 11 is 0. The molecule has 0 amide bonds. The van der Waals surface area contributed by atoms with Crippen molar-refractivity contribution < 1.29 is 9.84 Å². The van der Waals surface area contributed by atoms with Crippen molar-refractivity contribution in [2.24, 2.45) is 5.92 Å². The SMILES string of the molecule is CC.CC(C)C1CCCC(CO)O1. The van der Waals surface area contributed by atoms with Gasteiger partial charge in [-0.25, -0.2) is 0 Å². The Bertz CT molecular complexity index is 113. The highest BCUT2D eigenvalue weighted by atomic mass is 16.5. The van der Waals surface area contributed by atoms with Gasteiger partial charge in [0.1, 0.15) is 0 Å². The molecule has 1 aliphatic rings. The Morgan fingerprint density at radius 1 is 1.31 bits per heavy atom. The molecular weight excluding hydrogens is 164 g/mol. The lowest BCUT2D eigenvalue weighted by Gasteiger charge is -2.31. The molecule has 0 aliphatic carbocycles. The van der Waals surface area contributed by atoms with E-state index in [-0.39, 0.29) is 12.7 Å². The molecule has 0 aromatic carbocycles. The average Bonchev–Trinajstić information content (AvgIpc) is 2.21. The quantitative estimate of drug-likeness (QED) is 0.721. The lowest BCUT2D eigenvalue weighted by Crippen LogP contribution is -2.33. The summed E-state index contributed by atoms with van der Waals surface area (Å²) < 4.78 is 5.65. The van der Waals surface area contributed by atoms with E-state index in [1.54, 1.807) is 0 Å². The maximum Gasteiger partial charge on any atom is 0.0809 e. The van der Waals surface area contributed by atoms with Crippen molar-refractivity contribution in [2.45, 2.75) is 59.2 Å². The van der Waals surface area contributed by atoms with Crippen LogP contribution in [0.25, 0.3) is 0 Å². The first-order valence-electron chi connectivity index (χ1n) is 5.50. The second-order valence-corrected chi connectivity index (χ2v) is 3.65. The molecule has 1 N–H and O–H groups in total. The Kier molecular flexibility index (Phi) is 7.29. The highest BCUT2D eigenvalue weighted by Gasteiger charge is 2.23. The summed E-state index contributed by atoms with van der Waals surface area (Å²) in [6.45, 7) is 8.53. The summed E-state index contributed by atoms with van der Waals surface area (Å²) in [6, 6.07) is 0. The van der Waals surface area contributed by atoms with Crippen LogP contribution in [0, 0.1) is 5.92 Å². The third-order valence-electron chi connectivity index (χ3n) is 2.33. The molecule has 1 saturated heterocycles. The Hall–Kier alpha value is -0.0800. The topological polar surface area (TPSA) is 29.5 Å². The number of hydrogen-bond donors (Lipinski definition) is 1. The van der Waals surface area contributed by atoms with E-state index in [1.165, 1.54) is 6.42 Å². The van der Waals surface area contributed by atoms with Gasteiger partial charge in [-0.05, 0) is 25.2 Å². The van der Waals surface area contributed by atoms with E-state index >= 15 is 0 Å². The normalized spacial score (nSPS) is 28.2. The fraction of sp³-hybridized carbons (Fsp3) is 1.00. The fourth-order valence-electron chi connectivity index (χ4n) is 1.55. The van der Waals surface area contributed by atoms with E-state index in [4.69, 9.17) is 9.84 Å². The summed E-state index contributed by atoms with van der Waals surface area (Å²) in [7, 11) is 0. The smallest absolute Gasteiger partial charge is 0.0809 e. The lowest BCUT2D eigenvalue weighted by molar-refractivity contribution is -0.0894. The second-order valence-electron chi connectivity index (χ2n) is 3.65. The zero-order chi connectivity index (χ0) is 10.3. The molecule has 0 aromatic rings. The number of hydrogen-bond acceptors (Lipinski definition) is 2. The molecule has 2 atom stereocenters. The minimum absolute atomic E-state index is 0.108. The molecule has 0 aromatic heterocycles. The van der Waals surface area contributed by atoms with Gasteiger partial charge in [-0.15, -0.1) is 0 Å². The molecule has 2 unspecified atom stereocenters. The van der Waals surface area contributed by atoms with Gasteiger partial charge in [-0.2, -0.15) is 0 Å². The van der Waals surface area contributed by atoms with Crippen molar-refractivity contribution in [1.29, 1.82) is 0 Å². The van der Waals surface area contributed by atoms with E-state index in [9.17, 15) is 0 Å². The fourth-order valence-corrected chi connectivity index (χ4v) is 1.55. The summed E-state index contributed by atoms with van der Waals surface area (Å²) in [4.78, 5) is 0. The Morgan fingerprint density at radius 3 is 2.38 bits per heavy atom. The maximum atomic E-state index is 8.87. The predicted molar refractivity (Wildman–Crippen MR) is 55.8 cm³/mol. The van der Waals surface area contributed by atoms with Crippen LogP contribution in [-0.2, 0) is 4.74 Å². The highest BCUT2D eigenvalue weighted by Crippen LogP contribution is 2.23. The van der Waals surface area contributed by atoms with Crippen molar-refractivity contribution in [1.82, 2.24) is 0 Å². The Balaban J connectivity index is 0.000000671. The molecule has 1 rings (SSSR count). The molecule has 1 fully saturated rings. The summed E-state index contributed by atoms with van der Waals surface area (Å²) in [5.41, 5.74) is 0. The van der Waals surface area contributed by atoms with Gasteiger partial charge in [0, 0.05) is 0 Å². The van der Waals surface area contributed by atoms with Crippen LogP contribution in [-0.4, -0.2) is 23.9 Å². The van der Waals surface area contributed by atoms with Gasteiger partial charge in [-0.1, -0.05) is 27.7 Å². The monoisotopic (exact) mass is 188 g/mol. The standard InChI is InChI=1S/C9H18O2.C2H6/c1-7(2)9-5-3-4-8(6-10)11-9;1-2/h7-10H,3-6H2,1-2H3;1-2H3. The molecule has 1 heterocycles. The van der Waals surface area contributed by atoms with Crippen LogP contribution >= 0.6 is 0 Å². The third-order valence-corrected chi connectivity index (χ3v) is 2.33. The molecule has 1 aliphatic heterocycles. The summed E-state index contributed by atoms with van der Waals surface area (Å²) in [6.07, 6.45) is 3.87. The first-order valence-corrected chi connectivity index (χ1v) is 5.50. The van der Waals surface area contributed by atoms with Crippen molar-refractivity contribution in [2.75, 3.05) is 6.61 Å². The van der Waals surface area contributed by atoms with E-state index in [1.807, 2.05) is 13.8 Å². The van der Waals surface area contributed by atoms with Gasteiger partial charge in [0.15, 0.2) is 0 Å². The number of ether oxygens (including phenoxy) is 1. The zero-order valence-corrected chi connectivity index (χ0v) is 9.42. The second kappa shape index (κ2) is 7.34. The predicted octanol–water partition coefficient (Wildman–Crippen LogP) is 2.60. The van der Waals surface area contributed by atoms with Crippen LogP contribution in [0.3, 0.4) is 0 Å². The summed E-state index contributed by atoms with van der Waals surface area (Å²) in [5.74, 6) is 0.587. The minimum atomic E-state index is 0.108. The van der Waals surface area contributed by atoms with E-state index < -0.39 is 0 Å². The van der Waals surface area contributed by atoms with Crippen LogP contribution in [0.4, 0.5) is 0 Å². The Labute approximate surface area is 82.3 Å². The van der Waals surface area contributed by atoms with Crippen LogP contribution in [0.2, 0.25) is 0 Å². The zero-order valence-electron chi connectivity index (χ0n) is 9.42. The van der Waals surface area contributed by atoms with Crippen molar-refractivity contribution in [3.63, 3.8) is 0 Å². The van der Waals surface area contributed by atoms with Gasteiger partial charge < -0.3 is 9.84 Å². The van der Waals surface area contributed by atoms with Crippen molar-refractivity contribution >= 4 is 0 Å². The molecule has 13 heavy (non-hydrogen) atoms. The molecular formula is C11H24O2. The Morgan fingerprint density at radius 2 is 1.92 bits per heavy atom. The van der Waals surface area contributed by atoms with Crippen molar-refractivity contribution in [3.05, 3.63) is 0 Å². The van der Waals surface area contributed by atoms with Crippen LogP contribution in [0.15, 0.2) is 0 Å². The number of aliphatic hydroxyl groups excluding tert-OH is 1. The summed E-state index contributed by atoms with van der Waals surface area (Å²) in [5, 5.41) is 8.87. The molecule has 0 spiro atoms. The number of aliphatic hydroxyl groups is 1. The van der Waals surface area contributed by atoms with Gasteiger partial charge in [0.2, 0.25) is 0 Å². The third kappa shape index (κ3) is 4.63. The van der Waals surface area contributed by atoms with Gasteiger partial charge in [-0.3, -0.25) is 0 Å². The van der Waals surface area contributed by atoms with Gasteiger partial charge in [0.05, 0.1) is 18.8 Å². The first kappa shape index (κ1) is 12.9. The van der Waals surface area contributed by atoms with Crippen LogP contribution in [0.5, 0.6) is 0 Å². The first-order chi connectivity index (χ1) is 6.24. The van der Waals surface area contributed by atoms with Crippen LogP contribution in [0.1, 0.15) is 47.0 Å². The van der Waals surface area contributed by atoms with Crippen LogP contribution < -0.4 is 0 Å². The van der Waals surface area contributed by atoms with Gasteiger partial charge in [0.25, 0.3) is 0 Å². The number of rotatable bonds is 2. The van der Waals surface area contributed by atoms with Gasteiger partial charge >= 0.3 is 0 Å². The molecule has 0 saturated carbocycles. The molecule has 80 valence electrons. The molecule has 0 bridgehead atoms. The largest absolute Gasteiger partial charge is 0.394 e. The van der Waals surface area contributed by atoms with E-state index in [0.29, 0.717) is 12.0 Å². The molecule has 2 heteroatoms. The molecule has 2 nitrogen and oxygen atoms in total. The average molecular weight is 188 g/mol. The highest BCUT2D eigenvalue weighted by molar-refractivity contribution is 4.72. The van der Waals surface area contributed by atoms with Crippen molar-refractivity contribution in [3.8, 4) is 0 Å².